The third-order valence-electron chi connectivity index (χ3n) is 2.89. The van der Waals surface area contributed by atoms with Gasteiger partial charge < -0.3 is 15.0 Å². The molecule has 0 bridgehead atoms. The third kappa shape index (κ3) is 3.80. The maximum atomic E-state index is 13.5. The van der Waals surface area contributed by atoms with Crippen molar-refractivity contribution >= 4 is 11.8 Å². The second-order valence-electron chi connectivity index (χ2n) is 5.98. The van der Waals surface area contributed by atoms with Gasteiger partial charge in [0.05, 0.1) is 11.7 Å². The normalized spacial score (nSPS) is 15.6. The van der Waals surface area contributed by atoms with Crippen molar-refractivity contribution in [2.75, 3.05) is 18.4 Å². The molecular weight excluding hydrogens is 285 g/mol. The summed E-state index contributed by atoms with van der Waals surface area (Å²) in [5, 5.41) is 2.67. The van der Waals surface area contributed by atoms with Gasteiger partial charge in [0.1, 0.15) is 11.4 Å². The van der Waals surface area contributed by atoms with Gasteiger partial charge in [0, 0.05) is 25.2 Å². The summed E-state index contributed by atoms with van der Waals surface area (Å²) in [6.45, 7) is 5.83. The Labute approximate surface area is 120 Å². The fourth-order valence-corrected chi connectivity index (χ4v) is 1.93. The van der Waals surface area contributed by atoms with Gasteiger partial charge >= 0.3 is 6.09 Å². The fourth-order valence-electron chi connectivity index (χ4n) is 1.93. The zero-order chi connectivity index (χ0) is 15.8. The maximum absolute atomic E-state index is 13.5. The van der Waals surface area contributed by atoms with Crippen LogP contribution in [-0.2, 0) is 4.74 Å². The van der Waals surface area contributed by atoms with Crippen molar-refractivity contribution < 1.29 is 22.7 Å². The van der Waals surface area contributed by atoms with E-state index in [-0.39, 0.29) is 24.8 Å². The molecule has 1 aliphatic heterocycles. The molecule has 0 atom stereocenters. The fraction of sp³-hybridized carbons (Fsp3) is 0.500. The van der Waals surface area contributed by atoms with Crippen LogP contribution in [0.3, 0.4) is 0 Å². The predicted molar refractivity (Wildman–Crippen MR) is 71.5 cm³/mol. The molecule has 4 nitrogen and oxygen atoms in total. The number of amides is 1. The van der Waals surface area contributed by atoms with Gasteiger partial charge in [-0.15, -0.1) is 0 Å². The molecule has 1 heterocycles. The van der Waals surface area contributed by atoms with Gasteiger partial charge in [0.15, 0.2) is 11.6 Å². The summed E-state index contributed by atoms with van der Waals surface area (Å²) >= 11 is 0. The van der Waals surface area contributed by atoms with Crippen molar-refractivity contribution in [2.45, 2.75) is 32.4 Å². The van der Waals surface area contributed by atoms with Crippen molar-refractivity contribution in [3.63, 3.8) is 0 Å². The molecule has 7 heteroatoms. The molecule has 1 aromatic carbocycles. The van der Waals surface area contributed by atoms with Crippen molar-refractivity contribution in [1.29, 1.82) is 0 Å². The number of anilines is 1. The predicted octanol–water partition coefficient (Wildman–Crippen LogP) is 3.14. The number of halogens is 3. The Morgan fingerprint density at radius 2 is 1.90 bits per heavy atom. The number of carbonyl (C=O) groups excluding carboxylic acids is 1. The first-order valence-corrected chi connectivity index (χ1v) is 6.55. The average molecular weight is 302 g/mol. The summed E-state index contributed by atoms with van der Waals surface area (Å²) in [6.07, 6.45) is -0.466. The standard InChI is InChI=1S/C14H17F3N2O2/c1-14(2,3)21-13(20)19-6-9(7-19)18-11-5-8(15)4-10(16)12(11)17/h4-5,9,18H,6-7H2,1-3H3. The van der Waals surface area contributed by atoms with E-state index < -0.39 is 29.1 Å². The highest BCUT2D eigenvalue weighted by atomic mass is 19.2. The summed E-state index contributed by atoms with van der Waals surface area (Å²) in [6, 6.07) is 1.09. The van der Waals surface area contributed by atoms with E-state index in [0.717, 1.165) is 6.07 Å². The number of likely N-dealkylation sites (tertiary alicyclic amines) is 1. The molecule has 2 rings (SSSR count). The van der Waals surface area contributed by atoms with Crippen molar-refractivity contribution in [3.05, 3.63) is 29.6 Å². The lowest BCUT2D eigenvalue weighted by Crippen LogP contribution is -2.58. The molecule has 1 amide bonds. The van der Waals surface area contributed by atoms with E-state index in [2.05, 4.69) is 5.32 Å². The van der Waals surface area contributed by atoms with Crippen LogP contribution in [-0.4, -0.2) is 35.7 Å². The highest BCUT2D eigenvalue weighted by Crippen LogP contribution is 2.23. The summed E-state index contributed by atoms with van der Waals surface area (Å²) < 4.78 is 44.7. The van der Waals surface area contributed by atoms with Crippen LogP contribution in [0.1, 0.15) is 20.8 Å². The van der Waals surface area contributed by atoms with E-state index in [0.29, 0.717) is 6.07 Å². The number of rotatable bonds is 2. The number of hydrogen-bond acceptors (Lipinski definition) is 3. The molecule has 1 N–H and O–H groups in total. The summed E-state index contributed by atoms with van der Waals surface area (Å²) in [5.74, 6) is -3.24. The Kier molecular flexibility index (Phi) is 4.02. The van der Waals surface area contributed by atoms with Crippen LogP contribution in [0.5, 0.6) is 0 Å². The highest BCUT2D eigenvalue weighted by Gasteiger charge is 2.34. The number of ether oxygens (including phenoxy) is 1. The first-order valence-electron chi connectivity index (χ1n) is 6.55. The van der Waals surface area contributed by atoms with Gasteiger partial charge in [-0.3, -0.25) is 0 Å². The second kappa shape index (κ2) is 5.46. The molecule has 0 spiro atoms. The Morgan fingerprint density at radius 3 is 2.48 bits per heavy atom. The van der Waals surface area contributed by atoms with Gasteiger partial charge in [-0.2, -0.15) is 0 Å². The zero-order valence-electron chi connectivity index (χ0n) is 12.0. The Morgan fingerprint density at radius 1 is 1.29 bits per heavy atom. The topological polar surface area (TPSA) is 41.6 Å². The summed E-state index contributed by atoms with van der Waals surface area (Å²) in [4.78, 5) is 13.1. The lowest BCUT2D eigenvalue weighted by atomic mass is 10.1. The molecule has 0 unspecified atom stereocenters. The van der Waals surface area contributed by atoms with Gasteiger partial charge in [0.2, 0.25) is 0 Å². The summed E-state index contributed by atoms with van der Waals surface area (Å²) in [5.41, 5.74) is -0.839. The summed E-state index contributed by atoms with van der Waals surface area (Å²) in [7, 11) is 0. The third-order valence-corrected chi connectivity index (χ3v) is 2.89. The van der Waals surface area contributed by atoms with Crippen LogP contribution in [0.25, 0.3) is 0 Å². The molecule has 0 saturated carbocycles. The largest absolute Gasteiger partial charge is 0.444 e. The van der Waals surface area contributed by atoms with Gasteiger partial charge in [-0.05, 0) is 20.8 Å². The number of nitrogens with zero attached hydrogens (tertiary/aromatic N) is 1. The molecule has 1 aliphatic rings. The van der Waals surface area contributed by atoms with Crippen LogP contribution in [0.15, 0.2) is 12.1 Å². The smallest absolute Gasteiger partial charge is 0.410 e. The van der Waals surface area contributed by atoms with E-state index in [1.54, 1.807) is 20.8 Å². The number of carbonyl (C=O) groups is 1. The number of benzene rings is 1. The molecule has 0 aromatic heterocycles. The quantitative estimate of drug-likeness (QED) is 0.853. The van der Waals surface area contributed by atoms with E-state index in [1.165, 1.54) is 4.90 Å². The minimum absolute atomic E-state index is 0.249. The second-order valence-corrected chi connectivity index (χ2v) is 5.98. The van der Waals surface area contributed by atoms with Gasteiger partial charge in [-0.25, -0.2) is 18.0 Å². The van der Waals surface area contributed by atoms with Crippen LogP contribution in [0.2, 0.25) is 0 Å². The monoisotopic (exact) mass is 302 g/mol. The highest BCUT2D eigenvalue weighted by molar-refractivity contribution is 5.69. The molecule has 1 saturated heterocycles. The molecule has 1 aromatic rings. The van der Waals surface area contributed by atoms with Gasteiger partial charge in [0.25, 0.3) is 0 Å². The van der Waals surface area contributed by atoms with Crippen LogP contribution < -0.4 is 5.32 Å². The number of hydrogen-bond donors (Lipinski definition) is 1. The average Bonchev–Trinajstić information content (AvgIpc) is 2.26. The SMILES string of the molecule is CC(C)(C)OC(=O)N1CC(Nc2cc(F)cc(F)c2F)C1. The lowest BCUT2D eigenvalue weighted by molar-refractivity contribution is 0.0105. The number of nitrogens with one attached hydrogen (secondary N) is 1. The first kappa shape index (κ1) is 15.5. The Balaban J connectivity index is 1.90. The van der Waals surface area contributed by atoms with E-state index in [9.17, 15) is 18.0 Å². The van der Waals surface area contributed by atoms with Crippen LogP contribution >= 0.6 is 0 Å². The van der Waals surface area contributed by atoms with Crippen LogP contribution in [0, 0.1) is 17.5 Å². The van der Waals surface area contributed by atoms with Crippen LogP contribution in [0.4, 0.5) is 23.7 Å². The van der Waals surface area contributed by atoms with Crippen molar-refractivity contribution in [2.24, 2.45) is 0 Å². The molecule has 116 valence electrons. The van der Waals surface area contributed by atoms with Crippen molar-refractivity contribution in [1.82, 2.24) is 4.90 Å². The Hall–Kier alpha value is -1.92. The van der Waals surface area contributed by atoms with Crippen molar-refractivity contribution in [3.8, 4) is 0 Å². The molecule has 0 aliphatic carbocycles. The molecule has 0 radical (unpaired) electrons. The maximum Gasteiger partial charge on any atom is 0.410 e. The molecule has 1 fully saturated rings. The molecule has 21 heavy (non-hydrogen) atoms. The van der Waals surface area contributed by atoms with E-state index in [1.807, 2.05) is 0 Å². The first-order chi connectivity index (χ1) is 9.65. The minimum Gasteiger partial charge on any atom is -0.444 e. The molecular formula is C14H17F3N2O2. The zero-order valence-corrected chi connectivity index (χ0v) is 12.0. The Bertz CT molecular complexity index is 552. The minimum atomic E-state index is -1.25. The lowest BCUT2D eigenvalue weighted by Gasteiger charge is -2.40. The van der Waals surface area contributed by atoms with E-state index in [4.69, 9.17) is 4.74 Å². The van der Waals surface area contributed by atoms with E-state index >= 15 is 0 Å². The van der Waals surface area contributed by atoms with Gasteiger partial charge in [-0.1, -0.05) is 0 Å².